The molecule has 3 saturated heterocycles. The van der Waals surface area contributed by atoms with Crippen LogP contribution in [0.25, 0.3) is 83.9 Å². The van der Waals surface area contributed by atoms with Crippen molar-refractivity contribution in [2.45, 2.75) is 158 Å². The number of hydrogen-bond donors (Lipinski definition) is 3. The minimum atomic E-state index is -1.12. The summed E-state index contributed by atoms with van der Waals surface area (Å²) < 4.78 is 50.9. The van der Waals surface area contributed by atoms with Crippen LogP contribution in [0.4, 0.5) is 30.2 Å². The molecule has 3 aromatic carbocycles. The molecule has 732 valence electrons. The van der Waals surface area contributed by atoms with Crippen LogP contribution in [0.1, 0.15) is 151 Å². The zero-order chi connectivity index (χ0) is 104. The van der Waals surface area contributed by atoms with Crippen LogP contribution in [0.2, 0.25) is 60.3 Å². The molecule has 9 aromatic heterocycles. The van der Waals surface area contributed by atoms with E-state index in [4.69, 9.17) is 154 Å². The Morgan fingerprint density at radius 3 is 0.787 bits per heavy atom. The fourth-order valence-electron chi connectivity index (χ4n) is 18.7. The Kier molecular flexibility index (Phi) is 31.9. The van der Waals surface area contributed by atoms with Crippen molar-refractivity contribution < 1.29 is 42.9 Å². The number of rotatable bonds is 15. The quantitative estimate of drug-likeness (QED) is 0.0487. The van der Waals surface area contributed by atoms with Gasteiger partial charge in [-0.3, -0.25) is 57.4 Å². The van der Waals surface area contributed by atoms with E-state index < -0.39 is 113 Å². The zero-order valence-corrected chi connectivity index (χ0v) is 87.1. The molecule has 0 aliphatic carbocycles. The van der Waals surface area contributed by atoms with Crippen molar-refractivity contribution in [2.24, 2.45) is 0 Å². The number of phenols is 3. The number of piperazine rings is 3. The SMILES string of the molecule is C=CC(=O)N1[C@H](C)CN(c2c(C#N)c(=O)n(-c3c(C)ccnc3C(C)C)c3nc(-c4c(O)c(Cl)c(Cl)c(Cl)c4F)c(Cl)cc23)C[C@@H]1C.C=CC(=O)N1[C@H](C)CN(c2c(C#N)c(=O)n(-c3c(C)ccnc3C(C)C)c3nc(-c4c(O)c(Cl)c(Cl)c(Cl)c4F)c(Cl)cc23)C[C@@H]1C.C=CC(=O)N1[C@H](C)CN(c2c(C#N)c(=O)n(-c3c(C)ccnc3C(C)C)c3nc(-c4c(O)c(Cl)c(Cl)c(Cl)c4F)c(Cl)cc23)C[C@@H]1C. The molecular weight excluding hydrogens is 2070 g/mol. The molecule has 141 heavy (non-hydrogen) atoms. The lowest BCUT2D eigenvalue weighted by Crippen LogP contribution is -2.58. The second-order valence-electron chi connectivity index (χ2n) is 35.1. The van der Waals surface area contributed by atoms with Crippen molar-refractivity contribution in [1.82, 2.24) is 58.3 Å². The van der Waals surface area contributed by atoms with E-state index in [1.165, 1.54) is 50.1 Å². The van der Waals surface area contributed by atoms with Crippen molar-refractivity contribution >= 4 is 207 Å². The van der Waals surface area contributed by atoms with Crippen LogP contribution in [0, 0.1) is 72.2 Å². The van der Waals surface area contributed by atoms with Gasteiger partial charge in [-0.05, 0) is 151 Å². The minimum Gasteiger partial charge on any atom is -0.506 e. The maximum absolute atomic E-state index is 15.7. The number of carbonyl (C=O) groups excluding carboxylic acids is 3. The summed E-state index contributed by atoms with van der Waals surface area (Å²) in [7, 11) is 0. The van der Waals surface area contributed by atoms with Gasteiger partial charge >= 0.3 is 0 Å². The second-order valence-corrected chi connectivity index (χ2v) is 39.8. The molecule has 12 heterocycles. The number of benzene rings is 3. The van der Waals surface area contributed by atoms with Gasteiger partial charge in [-0.1, -0.05) is 200 Å². The third-order valence-electron chi connectivity index (χ3n) is 24.8. The molecule has 3 fully saturated rings. The number of carbonyl (C=O) groups is 3. The average molecular weight is 2160 g/mol. The molecule has 6 atom stereocenters. The molecule has 3 aliphatic heterocycles. The molecule has 0 bridgehead atoms. The van der Waals surface area contributed by atoms with E-state index >= 15 is 13.2 Å². The molecule has 15 rings (SSSR count). The number of amides is 3. The number of aromatic nitrogens is 9. The summed E-state index contributed by atoms with van der Waals surface area (Å²) in [6.07, 6.45) is 8.60. The maximum atomic E-state index is 15.7. The Hall–Kier alpha value is -11.6. The molecule has 3 amide bonds. The number of halogens is 15. The summed E-state index contributed by atoms with van der Waals surface area (Å²) >= 11 is 75.5. The predicted octanol–water partition coefficient (Wildman–Crippen LogP) is 23.5. The zero-order valence-electron chi connectivity index (χ0n) is 78.0. The largest absolute Gasteiger partial charge is 0.506 e. The highest BCUT2D eigenvalue weighted by atomic mass is 35.5. The fraction of sp³-hybridized carbons (Fsp3) is 0.303. The number of hydrogen-bond acceptors (Lipinski definition) is 21. The molecule has 0 radical (unpaired) electrons. The lowest BCUT2D eigenvalue weighted by molar-refractivity contribution is -0.131. The van der Waals surface area contributed by atoms with Crippen LogP contribution in [0.3, 0.4) is 0 Å². The van der Waals surface area contributed by atoms with E-state index in [9.17, 15) is 59.9 Å². The van der Waals surface area contributed by atoms with E-state index in [2.05, 4.69) is 52.9 Å². The highest BCUT2D eigenvalue weighted by Gasteiger charge is 2.42. The number of fused-ring (bicyclic) bond motifs is 3. The summed E-state index contributed by atoms with van der Waals surface area (Å²) in [5, 5.41) is 60.8. The van der Waals surface area contributed by atoms with E-state index in [1.54, 1.807) is 72.3 Å². The molecule has 3 N–H and O–H groups in total. The van der Waals surface area contributed by atoms with Crippen molar-refractivity contribution in [3.8, 4) is 86.3 Å². The first kappa shape index (κ1) is 107. The number of aryl methyl sites for hydroxylation is 3. The first-order valence-electron chi connectivity index (χ1n) is 43.7. The maximum Gasteiger partial charge on any atom is 0.276 e. The molecule has 0 saturated carbocycles. The number of phenolic OH excluding ortho intramolecular Hbond substituents is 3. The van der Waals surface area contributed by atoms with Gasteiger partial charge in [-0.25, -0.2) is 28.1 Å². The summed E-state index contributed by atoms with van der Waals surface area (Å²) in [6, 6.07) is 13.9. The smallest absolute Gasteiger partial charge is 0.276 e. The summed E-state index contributed by atoms with van der Waals surface area (Å²) in [5.74, 6) is -6.81. The normalized spacial score (nSPS) is 16.6. The number of anilines is 3. The molecule has 0 spiro atoms. The van der Waals surface area contributed by atoms with Crippen LogP contribution >= 0.6 is 139 Å². The van der Waals surface area contributed by atoms with Crippen molar-refractivity contribution in [2.75, 3.05) is 54.0 Å². The Morgan fingerprint density at radius 1 is 0.383 bits per heavy atom. The van der Waals surface area contributed by atoms with E-state index in [-0.39, 0.29) is 194 Å². The van der Waals surface area contributed by atoms with Crippen LogP contribution in [0.5, 0.6) is 17.2 Å². The fourth-order valence-corrected chi connectivity index (χ4v) is 21.3. The van der Waals surface area contributed by atoms with Gasteiger partial charge in [-0.2, -0.15) is 15.8 Å². The molecule has 12 aromatic rings. The molecule has 3 aliphatic rings. The number of nitriles is 3. The Morgan fingerprint density at radius 2 is 0.596 bits per heavy atom. The Labute approximate surface area is 867 Å². The van der Waals surface area contributed by atoms with Crippen molar-refractivity contribution in [1.29, 1.82) is 15.8 Å². The van der Waals surface area contributed by atoms with Gasteiger partial charge in [0.2, 0.25) is 17.7 Å². The van der Waals surface area contributed by atoms with Gasteiger partial charge in [0, 0.05) is 110 Å². The monoisotopic (exact) mass is 2150 g/mol. The standard InChI is InChI=1S/3C33H29Cl4FN6O3/c3*1-7-21(45)43-16(5)12-42(13-17(43)6)30-18-10-20(34)28(22-26(38)24(36)23(35)25(37)31(22)46)41-32(18)44(33(47)19(30)11-39)29-15(4)8-9-40-27(29)14(2)3/h3*7-10,14,16-17,46H,1,12-13H2,2-6H3/t3*16-,17+. The molecule has 27 nitrogen and oxygen atoms in total. The number of nitrogens with zero attached hydrogens (tertiary/aromatic N) is 18. The third-order valence-corrected chi connectivity index (χ3v) is 29.5. The van der Waals surface area contributed by atoms with E-state index in [1.807, 2.05) is 97.8 Å². The molecular formula is C99H87Cl12F3N18O9. The summed E-state index contributed by atoms with van der Waals surface area (Å²) in [6.45, 7) is 40.4. The van der Waals surface area contributed by atoms with Crippen molar-refractivity contribution in [3.63, 3.8) is 0 Å². The third kappa shape index (κ3) is 18.8. The Bertz CT molecular complexity index is 6860. The van der Waals surface area contributed by atoms with Crippen LogP contribution in [0.15, 0.2) is 107 Å². The number of pyridine rings is 9. The molecule has 0 unspecified atom stereocenters. The van der Waals surface area contributed by atoms with Gasteiger partial charge < -0.3 is 44.7 Å². The predicted molar refractivity (Wildman–Crippen MR) is 552 cm³/mol. The lowest BCUT2D eigenvalue weighted by Gasteiger charge is -2.45. The first-order chi connectivity index (χ1) is 66.5. The Balaban J connectivity index is 0.000000178. The summed E-state index contributed by atoms with van der Waals surface area (Å²) in [4.78, 5) is 120. The average Bonchev–Trinajstić information content (AvgIpc) is 0.725. The van der Waals surface area contributed by atoms with Crippen LogP contribution < -0.4 is 31.4 Å². The van der Waals surface area contributed by atoms with Gasteiger partial charge in [-0.15, -0.1) is 0 Å². The number of aromatic hydroxyl groups is 3. The van der Waals surface area contributed by atoms with E-state index in [0.29, 0.717) is 67.0 Å². The van der Waals surface area contributed by atoms with Gasteiger partial charge in [0.1, 0.15) is 84.2 Å². The minimum absolute atomic E-state index is 0.00676. The topological polar surface area (TPSA) is 346 Å². The van der Waals surface area contributed by atoms with Gasteiger partial charge in [0.15, 0.2) is 17.5 Å². The first-order valence-corrected chi connectivity index (χ1v) is 48.2. The summed E-state index contributed by atoms with van der Waals surface area (Å²) in [5.41, 5.74) is 0.544. The van der Waals surface area contributed by atoms with Gasteiger partial charge in [0.25, 0.3) is 16.7 Å². The van der Waals surface area contributed by atoms with E-state index in [0.717, 1.165) is 0 Å². The van der Waals surface area contributed by atoms with Gasteiger partial charge in [0.05, 0.1) is 130 Å². The molecule has 42 heteroatoms. The van der Waals surface area contributed by atoms with Crippen molar-refractivity contribution in [3.05, 3.63) is 252 Å². The lowest BCUT2D eigenvalue weighted by atomic mass is 10.0. The highest BCUT2D eigenvalue weighted by Crippen LogP contribution is 2.54. The van der Waals surface area contributed by atoms with Crippen LogP contribution in [-0.4, -0.2) is 167 Å². The second kappa shape index (κ2) is 42.1. The highest BCUT2D eigenvalue weighted by molar-refractivity contribution is 6.51. The van der Waals surface area contributed by atoms with Crippen LogP contribution in [-0.2, 0) is 14.4 Å².